The summed E-state index contributed by atoms with van der Waals surface area (Å²) in [7, 11) is 0. The maximum Gasteiger partial charge on any atom is 0.336 e. The Bertz CT molecular complexity index is 1240. The number of ketones is 1. The summed E-state index contributed by atoms with van der Waals surface area (Å²) in [6, 6.07) is 3.10. The maximum atomic E-state index is 14.1. The molecular weight excluding hydrogens is 747 g/mol. The summed E-state index contributed by atoms with van der Waals surface area (Å²) in [5.74, 6) is -3.84. The first-order valence-corrected chi connectivity index (χ1v) is 13.7. The summed E-state index contributed by atoms with van der Waals surface area (Å²) in [4.78, 5) is 39.7. The molecule has 5 rings (SSSR count). The second-order valence-corrected chi connectivity index (χ2v) is 12.7. The van der Waals surface area contributed by atoms with Gasteiger partial charge in [-0.15, -0.1) is 0 Å². The average Bonchev–Trinajstić information content (AvgIpc) is 3.41. The van der Waals surface area contributed by atoms with Gasteiger partial charge in [0.2, 0.25) is 0 Å². The van der Waals surface area contributed by atoms with Gasteiger partial charge in [-0.3, -0.25) is 9.59 Å². The van der Waals surface area contributed by atoms with Crippen molar-refractivity contribution in [2.45, 2.75) is 102 Å². The number of fused-ring (bicyclic) bond motifs is 5. The molecule has 0 unspecified atom stereocenters. The first kappa shape index (κ1) is 32.8. The molecule has 4 aliphatic rings. The molecule has 2 heterocycles. The zero-order valence-corrected chi connectivity index (χ0v) is 28.8. The Morgan fingerprint density at radius 2 is 1.88 bits per heavy atom. The summed E-state index contributed by atoms with van der Waals surface area (Å²) in [6.45, 7) is 14.2. The van der Waals surface area contributed by atoms with Gasteiger partial charge in [-0.25, -0.2) is 4.79 Å². The molecule has 3 N–H and O–H groups in total. The van der Waals surface area contributed by atoms with Crippen LogP contribution in [0.15, 0.2) is 34.0 Å². The van der Waals surface area contributed by atoms with Crippen LogP contribution in [0.3, 0.4) is 0 Å². The van der Waals surface area contributed by atoms with E-state index in [2.05, 4.69) is 0 Å². The molecule has 0 spiro atoms. The number of carbonyl (C=O) groups excluding carboxylic acids is 3. The fourth-order valence-electron chi connectivity index (χ4n) is 7.62. The number of ether oxygens (including phenoxy) is 3. The second kappa shape index (κ2) is 11.1. The van der Waals surface area contributed by atoms with E-state index in [4.69, 9.17) is 25.6 Å². The SMILES string of the molecule is [Ac].[CH][C@@H](c1ccco1)[C@@H](O)C(=O)O[C@H]1C[C@@]2(O)[C@@H](OC(C)=O)[C@@H]3[C@]4(O)CO[C@@H]4CC[C@@]3(C)C(=O)CC(=C1C)C2(C)C. The Labute approximate surface area is 275 Å². The van der Waals surface area contributed by atoms with Gasteiger partial charge in [-0.2, -0.15) is 0 Å². The smallest absolute Gasteiger partial charge is 0.336 e. The molecule has 10 nitrogen and oxygen atoms in total. The van der Waals surface area contributed by atoms with Gasteiger partial charge in [0.25, 0.3) is 0 Å². The minimum atomic E-state index is -1.87. The van der Waals surface area contributed by atoms with Gasteiger partial charge < -0.3 is 33.9 Å². The fourth-order valence-corrected chi connectivity index (χ4v) is 7.62. The van der Waals surface area contributed by atoms with Crippen LogP contribution in [-0.4, -0.2) is 75.3 Å². The Balaban J connectivity index is 0.00000387. The fraction of sp³-hybridized carbons (Fsp3) is 0.667. The number of carbonyl (C=O) groups is 3. The Morgan fingerprint density at radius 1 is 1.20 bits per heavy atom. The van der Waals surface area contributed by atoms with Crippen molar-refractivity contribution in [1.82, 2.24) is 0 Å². The number of aliphatic hydroxyl groups is 3. The Hall–Kier alpha value is -1.09. The molecule has 11 heteroatoms. The zero-order valence-electron chi connectivity index (χ0n) is 24.1. The van der Waals surface area contributed by atoms with Gasteiger partial charge in [0.1, 0.15) is 35.0 Å². The van der Waals surface area contributed by atoms with Gasteiger partial charge in [0.05, 0.1) is 24.9 Å². The number of hydrogen-bond donors (Lipinski definition) is 3. The van der Waals surface area contributed by atoms with Crippen molar-refractivity contribution < 1.29 is 92.4 Å². The van der Waals surface area contributed by atoms with Crippen LogP contribution >= 0.6 is 0 Å². The van der Waals surface area contributed by atoms with Crippen LogP contribution < -0.4 is 0 Å². The molecule has 3 fully saturated rings. The third-order valence-electron chi connectivity index (χ3n) is 10.3. The molecule has 0 aromatic carbocycles. The minimum Gasteiger partial charge on any atom is -0.469 e. The van der Waals surface area contributed by atoms with Gasteiger partial charge in [-0.1, -0.05) is 26.3 Å². The quantitative estimate of drug-likeness (QED) is 0.300. The molecule has 1 aliphatic heterocycles. The normalized spacial score (nSPS) is 39.0. The monoisotopic (exact) mass is 785 g/mol. The molecule has 1 aromatic heterocycles. The predicted molar refractivity (Wildman–Crippen MR) is 138 cm³/mol. The van der Waals surface area contributed by atoms with Crippen LogP contribution in [0.5, 0.6) is 0 Å². The molecule has 3 radical (unpaired) electrons. The van der Waals surface area contributed by atoms with Crippen molar-refractivity contribution in [2.75, 3.05) is 6.61 Å². The van der Waals surface area contributed by atoms with E-state index in [1.165, 1.54) is 19.3 Å². The summed E-state index contributed by atoms with van der Waals surface area (Å²) < 4.78 is 22.5. The molecule has 1 saturated heterocycles. The van der Waals surface area contributed by atoms with E-state index >= 15 is 0 Å². The van der Waals surface area contributed by atoms with Crippen molar-refractivity contribution in [1.29, 1.82) is 0 Å². The van der Waals surface area contributed by atoms with Crippen molar-refractivity contribution in [3.05, 3.63) is 42.2 Å². The molecule has 41 heavy (non-hydrogen) atoms. The van der Waals surface area contributed by atoms with E-state index < -0.39 is 70.2 Å². The molecular formula is C30H38AcO10. The minimum absolute atomic E-state index is 0. The molecule has 0 amide bonds. The number of hydrogen-bond acceptors (Lipinski definition) is 10. The van der Waals surface area contributed by atoms with Crippen LogP contribution in [0, 0.1) is 67.7 Å². The summed E-state index contributed by atoms with van der Waals surface area (Å²) in [5.41, 5.74) is -4.47. The number of furan rings is 1. The van der Waals surface area contributed by atoms with Crippen molar-refractivity contribution >= 4 is 17.7 Å². The van der Waals surface area contributed by atoms with Gasteiger partial charge in [0.15, 0.2) is 6.10 Å². The summed E-state index contributed by atoms with van der Waals surface area (Å²) >= 11 is 0. The first-order chi connectivity index (χ1) is 18.6. The Kier molecular flexibility index (Phi) is 8.90. The van der Waals surface area contributed by atoms with E-state index in [1.807, 2.05) is 0 Å². The molecule has 2 bridgehead atoms. The largest absolute Gasteiger partial charge is 0.469 e. The van der Waals surface area contributed by atoms with E-state index in [9.17, 15) is 29.7 Å². The number of Topliss-reactive ketones (excluding diaryl/α,β-unsaturated/α-hetero) is 1. The van der Waals surface area contributed by atoms with Crippen molar-refractivity contribution in [3.63, 3.8) is 0 Å². The van der Waals surface area contributed by atoms with E-state index in [1.54, 1.807) is 33.8 Å². The van der Waals surface area contributed by atoms with Gasteiger partial charge in [-0.05, 0) is 44.4 Å². The number of aliphatic hydroxyl groups excluding tert-OH is 1. The Morgan fingerprint density at radius 3 is 2.44 bits per heavy atom. The zero-order chi connectivity index (χ0) is 29.4. The summed E-state index contributed by atoms with van der Waals surface area (Å²) in [6.07, 6.45) is -2.77. The first-order valence-electron chi connectivity index (χ1n) is 13.7. The van der Waals surface area contributed by atoms with Gasteiger partial charge >= 0.3 is 11.9 Å². The molecule has 221 valence electrons. The van der Waals surface area contributed by atoms with Crippen LogP contribution in [0.1, 0.15) is 72.0 Å². The topological polar surface area (TPSA) is 153 Å². The van der Waals surface area contributed by atoms with Crippen LogP contribution in [0.25, 0.3) is 0 Å². The van der Waals surface area contributed by atoms with Gasteiger partial charge in [0, 0.05) is 80.6 Å². The standard InChI is InChI=1S/C30H38O10.Ac/c1-15-18-12-21(32)28(6)10-9-22-29(35,14-38-22)24(28)25(39-17(3)31)30(36,27(18,4)5)13-20(15)40-26(34)23(33)16(2)19-8-7-11-37-19;/h2,7-8,11,16,20,22-25,33,35-36H,9-10,12-14H2,1,3-6H3;/t16-,20-,22+,23+,24-,25-,28-,29-,30+;/m0./s1. The predicted octanol–water partition coefficient (Wildman–Crippen LogP) is 2.28. The molecule has 9 atom stereocenters. The van der Waals surface area contributed by atoms with Crippen molar-refractivity contribution in [3.8, 4) is 0 Å². The van der Waals surface area contributed by atoms with Crippen LogP contribution in [0.2, 0.25) is 0 Å². The van der Waals surface area contributed by atoms with Crippen molar-refractivity contribution in [2.24, 2.45) is 16.7 Å². The second-order valence-electron chi connectivity index (χ2n) is 12.7. The van der Waals surface area contributed by atoms with Crippen LogP contribution in [0.4, 0.5) is 0 Å². The van der Waals surface area contributed by atoms with E-state index in [0.29, 0.717) is 24.0 Å². The molecule has 1 aromatic rings. The third-order valence-corrected chi connectivity index (χ3v) is 10.3. The third kappa shape index (κ3) is 4.91. The maximum absolute atomic E-state index is 14.1. The number of rotatable bonds is 5. The molecule has 2 saturated carbocycles. The molecule has 3 aliphatic carbocycles. The van der Waals surface area contributed by atoms with E-state index in [-0.39, 0.29) is 75.1 Å². The summed E-state index contributed by atoms with van der Waals surface area (Å²) in [5, 5.41) is 35.1. The average molecular weight is 786 g/mol. The van der Waals surface area contributed by atoms with E-state index in [0.717, 1.165) is 0 Å². The number of esters is 2. The van der Waals surface area contributed by atoms with Crippen LogP contribution in [-0.2, 0) is 28.6 Å².